The van der Waals surface area contributed by atoms with Gasteiger partial charge in [0.25, 0.3) is 0 Å². The smallest absolute Gasteiger partial charge is 0.306 e. The third kappa shape index (κ3) is 47.9. The molecule has 0 radical (unpaired) electrons. The van der Waals surface area contributed by atoms with E-state index in [1.165, 1.54) is 103 Å². The van der Waals surface area contributed by atoms with E-state index in [0.717, 1.165) is 103 Å². The summed E-state index contributed by atoms with van der Waals surface area (Å²) >= 11 is 0. The highest BCUT2D eigenvalue weighted by atomic mass is 16.6. The Morgan fingerprint density at radius 2 is 0.629 bits per heavy atom. The van der Waals surface area contributed by atoms with Crippen molar-refractivity contribution in [1.82, 2.24) is 0 Å². The number of allylic oxidation sites excluding steroid dienone is 12. The summed E-state index contributed by atoms with van der Waals surface area (Å²) in [6.07, 6.45) is 63.1. The lowest BCUT2D eigenvalue weighted by atomic mass is 10.1. The Morgan fingerprint density at radius 3 is 1.00 bits per heavy atom. The van der Waals surface area contributed by atoms with Gasteiger partial charge in [0.15, 0.2) is 6.10 Å². The Balaban J connectivity index is 4.42. The second kappa shape index (κ2) is 50.5. The normalized spacial score (nSPS) is 12.6. The Kier molecular flexibility index (Phi) is 47.9. The minimum absolute atomic E-state index is 0.0891. The molecule has 0 saturated heterocycles. The molecule has 0 aromatic heterocycles. The number of carbonyl (C=O) groups excluding carboxylic acids is 3. The van der Waals surface area contributed by atoms with Crippen molar-refractivity contribution in [3.05, 3.63) is 72.9 Å². The molecule has 356 valence electrons. The highest BCUT2D eigenvalue weighted by Gasteiger charge is 2.19. The number of esters is 3. The van der Waals surface area contributed by atoms with Gasteiger partial charge in [0.1, 0.15) is 13.2 Å². The van der Waals surface area contributed by atoms with Crippen LogP contribution in [0.2, 0.25) is 0 Å². The SMILES string of the molecule is CC\C=C/C=C\C=C/C=C\CCCCCCCC(=O)OC(COC(=O)CCCCCCC/C=C\C=C/CCCCCCCCC)COC(=O)CCCCCCCCCCCCC. The van der Waals surface area contributed by atoms with Gasteiger partial charge >= 0.3 is 17.9 Å². The second-order valence-corrected chi connectivity index (χ2v) is 17.2. The summed E-state index contributed by atoms with van der Waals surface area (Å²) in [6.45, 7) is 6.46. The molecular formula is C56H96O6. The van der Waals surface area contributed by atoms with Gasteiger partial charge in [0.05, 0.1) is 0 Å². The fraction of sp³-hybridized carbons (Fsp3) is 0.732. The molecule has 0 fully saturated rings. The molecule has 0 rings (SSSR count). The molecule has 0 amide bonds. The lowest BCUT2D eigenvalue weighted by molar-refractivity contribution is -0.167. The van der Waals surface area contributed by atoms with Crippen LogP contribution < -0.4 is 0 Å². The van der Waals surface area contributed by atoms with Crippen molar-refractivity contribution in [2.45, 2.75) is 252 Å². The number of ether oxygens (including phenoxy) is 3. The number of carbonyl (C=O) groups is 3. The summed E-state index contributed by atoms with van der Waals surface area (Å²) in [5.74, 6) is -0.926. The fourth-order valence-electron chi connectivity index (χ4n) is 7.15. The Hall–Kier alpha value is -3.15. The molecule has 1 unspecified atom stereocenters. The fourth-order valence-corrected chi connectivity index (χ4v) is 7.15. The summed E-state index contributed by atoms with van der Waals surface area (Å²) < 4.78 is 16.8. The lowest BCUT2D eigenvalue weighted by Crippen LogP contribution is -2.30. The molecule has 1 atom stereocenters. The molecular weight excluding hydrogens is 769 g/mol. The van der Waals surface area contributed by atoms with Crippen molar-refractivity contribution < 1.29 is 28.6 Å². The predicted octanol–water partition coefficient (Wildman–Crippen LogP) is 17.0. The lowest BCUT2D eigenvalue weighted by Gasteiger charge is -2.18. The van der Waals surface area contributed by atoms with E-state index >= 15 is 0 Å². The van der Waals surface area contributed by atoms with Gasteiger partial charge in [-0.3, -0.25) is 14.4 Å². The van der Waals surface area contributed by atoms with Crippen LogP contribution >= 0.6 is 0 Å². The van der Waals surface area contributed by atoms with Crippen molar-refractivity contribution in [2.24, 2.45) is 0 Å². The molecule has 0 heterocycles. The second-order valence-electron chi connectivity index (χ2n) is 17.2. The third-order valence-corrected chi connectivity index (χ3v) is 11.1. The van der Waals surface area contributed by atoms with Gasteiger partial charge in [0, 0.05) is 19.3 Å². The van der Waals surface area contributed by atoms with E-state index in [1.807, 2.05) is 18.2 Å². The topological polar surface area (TPSA) is 78.9 Å². The van der Waals surface area contributed by atoms with Crippen molar-refractivity contribution in [3.8, 4) is 0 Å². The summed E-state index contributed by atoms with van der Waals surface area (Å²) in [7, 11) is 0. The zero-order valence-corrected chi connectivity index (χ0v) is 40.6. The van der Waals surface area contributed by atoms with Crippen LogP contribution in [0.1, 0.15) is 245 Å². The van der Waals surface area contributed by atoms with E-state index in [0.29, 0.717) is 19.3 Å². The van der Waals surface area contributed by atoms with Crippen molar-refractivity contribution in [2.75, 3.05) is 13.2 Å². The number of unbranched alkanes of at least 4 members (excludes halogenated alkanes) is 27. The number of rotatable bonds is 46. The maximum atomic E-state index is 12.8. The van der Waals surface area contributed by atoms with E-state index < -0.39 is 6.10 Å². The van der Waals surface area contributed by atoms with Gasteiger partial charge in [-0.15, -0.1) is 0 Å². The first-order valence-corrected chi connectivity index (χ1v) is 26.0. The molecule has 0 saturated carbocycles. The summed E-state index contributed by atoms with van der Waals surface area (Å²) in [6, 6.07) is 0. The van der Waals surface area contributed by atoms with Gasteiger partial charge in [-0.2, -0.15) is 0 Å². The van der Waals surface area contributed by atoms with Crippen LogP contribution in [-0.2, 0) is 28.6 Å². The largest absolute Gasteiger partial charge is 0.462 e. The van der Waals surface area contributed by atoms with E-state index in [2.05, 4.69) is 75.5 Å². The van der Waals surface area contributed by atoms with Crippen LogP contribution in [0.15, 0.2) is 72.9 Å². The van der Waals surface area contributed by atoms with Crippen molar-refractivity contribution >= 4 is 17.9 Å². The average Bonchev–Trinajstić information content (AvgIpc) is 3.27. The first-order valence-electron chi connectivity index (χ1n) is 26.0. The van der Waals surface area contributed by atoms with Crippen LogP contribution in [0.3, 0.4) is 0 Å². The maximum absolute atomic E-state index is 12.8. The van der Waals surface area contributed by atoms with E-state index in [1.54, 1.807) is 0 Å². The monoisotopic (exact) mass is 865 g/mol. The molecule has 62 heavy (non-hydrogen) atoms. The minimum atomic E-state index is -0.792. The first kappa shape index (κ1) is 58.9. The quantitative estimate of drug-likeness (QED) is 0.0262. The zero-order chi connectivity index (χ0) is 45.1. The molecule has 0 N–H and O–H groups in total. The maximum Gasteiger partial charge on any atom is 0.306 e. The Labute approximate surface area is 382 Å². The molecule has 6 heteroatoms. The molecule has 0 aliphatic carbocycles. The van der Waals surface area contributed by atoms with Crippen LogP contribution in [0.25, 0.3) is 0 Å². The summed E-state index contributed by atoms with van der Waals surface area (Å²) in [5.41, 5.74) is 0. The molecule has 0 aliphatic heterocycles. The highest BCUT2D eigenvalue weighted by Crippen LogP contribution is 2.14. The summed E-state index contributed by atoms with van der Waals surface area (Å²) in [4.78, 5) is 37.9. The molecule has 0 spiro atoms. The van der Waals surface area contributed by atoms with E-state index in [-0.39, 0.29) is 31.1 Å². The van der Waals surface area contributed by atoms with Crippen LogP contribution in [0.5, 0.6) is 0 Å². The molecule has 0 aromatic rings. The average molecular weight is 865 g/mol. The zero-order valence-electron chi connectivity index (χ0n) is 40.6. The number of hydrogen-bond acceptors (Lipinski definition) is 6. The Bertz CT molecular complexity index is 1180. The minimum Gasteiger partial charge on any atom is -0.462 e. The van der Waals surface area contributed by atoms with Crippen LogP contribution in [0.4, 0.5) is 0 Å². The van der Waals surface area contributed by atoms with Gasteiger partial charge in [-0.05, 0) is 64.2 Å². The molecule has 0 aromatic carbocycles. The highest BCUT2D eigenvalue weighted by molar-refractivity contribution is 5.71. The van der Waals surface area contributed by atoms with Crippen LogP contribution in [0, 0.1) is 0 Å². The molecule has 0 bridgehead atoms. The molecule has 0 aliphatic rings. The third-order valence-electron chi connectivity index (χ3n) is 11.1. The van der Waals surface area contributed by atoms with Crippen molar-refractivity contribution in [3.63, 3.8) is 0 Å². The standard InChI is InChI=1S/C56H96O6/c1-4-7-10-13-16-19-22-24-26-27-28-30-31-34-37-40-43-46-49-55(58)61-52-53(51-60-54(57)48-45-42-39-36-33-21-18-15-12-9-6-3)62-56(59)50-47-44-41-38-35-32-29-25-23-20-17-14-11-8-5-2/h8,11,14,17,20,23,25-30,53H,4-7,9-10,12-13,15-16,18-19,21-22,24,31-52H2,1-3H3/b11-8-,17-14-,23-20-,27-26-,29-25-,30-28-. The van der Waals surface area contributed by atoms with Crippen molar-refractivity contribution in [1.29, 1.82) is 0 Å². The number of hydrogen-bond donors (Lipinski definition) is 0. The van der Waals surface area contributed by atoms with Gasteiger partial charge in [-0.25, -0.2) is 0 Å². The van der Waals surface area contributed by atoms with Gasteiger partial charge in [0.2, 0.25) is 0 Å². The summed E-state index contributed by atoms with van der Waals surface area (Å²) in [5, 5.41) is 0. The van der Waals surface area contributed by atoms with E-state index in [9.17, 15) is 14.4 Å². The van der Waals surface area contributed by atoms with Gasteiger partial charge in [-0.1, -0.05) is 235 Å². The predicted molar refractivity (Wildman–Crippen MR) is 265 cm³/mol. The van der Waals surface area contributed by atoms with Gasteiger partial charge < -0.3 is 14.2 Å². The van der Waals surface area contributed by atoms with Crippen LogP contribution in [-0.4, -0.2) is 37.2 Å². The first-order chi connectivity index (χ1) is 30.5. The Morgan fingerprint density at radius 1 is 0.339 bits per heavy atom. The molecule has 6 nitrogen and oxygen atoms in total. The van der Waals surface area contributed by atoms with E-state index in [4.69, 9.17) is 14.2 Å².